The predicted octanol–water partition coefficient (Wildman–Crippen LogP) is 4.17. The molecule has 1 aliphatic heterocycles. The average molecular weight is 458 g/mol. The number of halogens is 2. The van der Waals surface area contributed by atoms with Crippen molar-refractivity contribution in [1.82, 2.24) is 19.8 Å². The van der Waals surface area contributed by atoms with Crippen LogP contribution in [0.15, 0.2) is 73.1 Å². The van der Waals surface area contributed by atoms with Gasteiger partial charge in [-0.1, -0.05) is 18.2 Å². The van der Waals surface area contributed by atoms with Crippen LogP contribution < -0.4 is 0 Å². The lowest BCUT2D eigenvalue weighted by atomic mass is 10.0. The molecule has 34 heavy (non-hydrogen) atoms. The summed E-state index contributed by atoms with van der Waals surface area (Å²) in [7, 11) is 0. The van der Waals surface area contributed by atoms with E-state index >= 15 is 0 Å². The van der Waals surface area contributed by atoms with Crippen LogP contribution in [0.25, 0.3) is 22.2 Å². The van der Waals surface area contributed by atoms with Gasteiger partial charge in [-0.05, 0) is 42.5 Å². The van der Waals surface area contributed by atoms with Gasteiger partial charge < -0.3 is 9.80 Å². The second kappa shape index (κ2) is 8.97. The third-order valence-corrected chi connectivity index (χ3v) is 5.94. The zero-order valence-corrected chi connectivity index (χ0v) is 18.1. The number of pyridine rings is 2. The number of amides is 2. The Morgan fingerprint density at radius 1 is 0.765 bits per heavy atom. The lowest BCUT2D eigenvalue weighted by molar-refractivity contribution is 0.0536. The largest absolute Gasteiger partial charge is 0.335 e. The van der Waals surface area contributed by atoms with E-state index in [0.29, 0.717) is 43.0 Å². The molecule has 1 saturated heterocycles. The fourth-order valence-corrected chi connectivity index (χ4v) is 4.12. The van der Waals surface area contributed by atoms with Crippen molar-refractivity contribution in [2.24, 2.45) is 0 Å². The van der Waals surface area contributed by atoms with E-state index in [1.165, 1.54) is 6.07 Å². The molecule has 0 bridgehead atoms. The molecule has 8 heteroatoms. The van der Waals surface area contributed by atoms with Crippen molar-refractivity contribution in [3.8, 4) is 11.3 Å². The number of carbonyl (C=O) groups is 2. The summed E-state index contributed by atoms with van der Waals surface area (Å²) >= 11 is 0. The Morgan fingerprint density at radius 2 is 1.44 bits per heavy atom. The summed E-state index contributed by atoms with van der Waals surface area (Å²) in [4.78, 5) is 38.2. The van der Waals surface area contributed by atoms with Gasteiger partial charge in [-0.2, -0.15) is 0 Å². The molecule has 2 amide bonds. The Labute approximate surface area is 194 Å². The molecule has 2 aromatic heterocycles. The standard InChI is InChI=1S/C26H20F2N4O2/c27-21-6-5-18(15-22(21)28)25(33)31-11-13-32(14-12-31)26(34)20-16-24(17-7-9-29-10-8-17)30-23-4-2-1-3-19(20)23/h1-10,15-16H,11-14H2. The number of rotatable bonds is 3. The fraction of sp³-hybridized carbons (Fsp3) is 0.154. The number of benzene rings is 2. The molecule has 0 radical (unpaired) electrons. The Bertz CT molecular complexity index is 1390. The highest BCUT2D eigenvalue weighted by Crippen LogP contribution is 2.26. The Kier molecular flexibility index (Phi) is 5.71. The van der Waals surface area contributed by atoms with Gasteiger partial charge in [-0.15, -0.1) is 0 Å². The fourth-order valence-electron chi connectivity index (χ4n) is 4.12. The first-order valence-electron chi connectivity index (χ1n) is 10.8. The van der Waals surface area contributed by atoms with Crippen molar-refractivity contribution in [3.63, 3.8) is 0 Å². The molecular weight excluding hydrogens is 438 g/mol. The summed E-state index contributed by atoms with van der Waals surface area (Å²) in [6, 6.07) is 16.1. The van der Waals surface area contributed by atoms with E-state index in [-0.39, 0.29) is 17.4 Å². The van der Waals surface area contributed by atoms with Gasteiger partial charge in [0, 0.05) is 55.1 Å². The minimum absolute atomic E-state index is 0.0841. The second-order valence-corrected chi connectivity index (χ2v) is 8.02. The first-order chi connectivity index (χ1) is 16.5. The van der Waals surface area contributed by atoms with Gasteiger partial charge in [0.25, 0.3) is 11.8 Å². The molecule has 4 aromatic rings. The lowest BCUT2D eigenvalue weighted by Crippen LogP contribution is -2.50. The normalized spacial score (nSPS) is 13.8. The van der Waals surface area contributed by atoms with Gasteiger partial charge in [-0.3, -0.25) is 14.6 Å². The summed E-state index contributed by atoms with van der Waals surface area (Å²) < 4.78 is 26.7. The van der Waals surface area contributed by atoms with Gasteiger partial charge >= 0.3 is 0 Å². The third kappa shape index (κ3) is 4.10. The maximum Gasteiger partial charge on any atom is 0.254 e. The maximum atomic E-state index is 13.5. The third-order valence-electron chi connectivity index (χ3n) is 5.94. The summed E-state index contributed by atoms with van der Waals surface area (Å²) in [6.07, 6.45) is 3.36. The van der Waals surface area contributed by atoms with Crippen LogP contribution >= 0.6 is 0 Å². The molecule has 0 saturated carbocycles. The van der Waals surface area contributed by atoms with E-state index in [9.17, 15) is 18.4 Å². The average Bonchev–Trinajstić information content (AvgIpc) is 2.89. The van der Waals surface area contributed by atoms with E-state index in [4.69, 9.17) is 4.98 Å². The minimum atomic E-state index is -1.06. The van der Waals surface area contributed by atoms with Crippen LogP contribution in [0.5, 0.6) is 0 Å². The van der Waals surface area contributed by atoms with E-state index in [2.05, 4.69) is 4.98 Å². The zero-order chi connectivity index (χ0) is 23.7. The van der Waals surface area contributed by atoms with Crippen molar-refractivity contribution < 1.29 is 18.4 Å². The molecule has 0 spiro atoms. The first kappa shape index (κ1) is 21.6. The number of carbonyl (C=O) groups excluding carboxylic acids is 2. The molecule has 0 aliphatic carbocycles. The highest BCUT2D eigenvalue weighted by molar-refractivity contribution is 6.07. The van der Waals surface area contributed by atoms with Gasteiger partial charge in [0.05, 0.1) is 16.8 Å². The van der Waals surface area contributed by atoms with E-state index in [0.717, 1.165) is 23.1 Å². The molecule has 0 N–H and O–H groups in total. The minimum Gasteiger partial charge on any atom is -0.335 e. The molecular formula is C26H20F2N4O2. The number of piperazine rings is 1. The van der Waals surface area contributed by atoms with E-state index in [1.54, 1.807) is 28.3 Å². The van der Waals surface area contributed by atoms with E-state index in [1.807, 2.05) is 36.4 Å². The number of hydrogen-bond donors (Lipinski definition) is 0. The Balaban J connectivity index is 1.38. The molecule has 5 rings (SSSR count). The van der Waals surface area contributed by atoms with Gasteiger partial charge in [0.15, 0.2) is 11.6 Å². The van der Waals surface area contributed by atoms with Crippen molar-refractivity contribution in [3.05, 3.63) is 95.8 Å². The second-order valence-electron chi connectivity index (χ2n) is 8.02. The maximum absolute atomic E-state index is 13.5. The molecule has 0 unspecified atom stereocenters. The quantitative estimate of drug-likeness (QED) is 0.462. The van der Waals surface area contributed by atoms with E-state index < -0.39 is 11.6 Å². The molecule has 1 fully saturated rings. The van der Waals surface area contributed by atoms with Crippen LogP contribution in [0.2, 0.25) is 0 Å². The number of hydrogen-bond acceptors (Lipinski definition) is 4. The van der Waals surface area contributed by atoms with Crippen LogP contribution in [0, 0.1) is 11.6 Å². The zero-order valence-electron chi connectivity index (χ0n) is 18.1. The Hall–Kier alpha value is -4.20. The molecule has 2 aromatic carbocycles. The van der Waals surface area contributed by atoms with Crippen molar-refractivity contribution in [1.29, 1.82) is 0 Å². The highest BCUT2D eigenvalue weighted by Gasteiger charge is 2.27. The molecule has 1 aliphatic rings. The van der Waals surface area contributed by atoms with Crippen molar-refractivity contribution >= 4 is 22.7 Å². The number of para-hydroxylation sites is 1. The molecule has 0 atom stereocenters. The first-order valence-corrected chi connectivity index (χ1v) is 10.8. The number of fused-ring (bicyclic) bond motifs is 1. The number of aromatic nitrogens is 2. The SMILES string of the molecule is O=C(c1ccc(F)c(F)c1)N1CCN(C(=O)c2cc(-c3ccncc3)nc3ccccc23)CC1. The van der Waals surface area contributed by atoms with Crippen LogP contribution in [0.3, 0.4) is 0 Å². The van der Waals surface area contributed by atoms with Gasteiger partial charge in [0.1, 0.15) is 0 Å². The van der Waals surface area contributed by atoms with Crippen LogP contribution in [0.4, 0.5) is 8.78 Å². The summed E-state index contributed by atoms with van der Waals surface area (Å²) in [5.74, 6) is -2.59. The van der Waals surface area contributed by atoms with Crippen LogP contribution in [-0.4, -0.2) is 57.8 Å². The number of nitrogens with zero attached hydrogens (tertiary/aromatic N) is 4. The summed E-state index contributed by atoms with van der Waals surface area (Å²) in [6.45, 7) is 1.25. The summed E-state index contributed by atoms with van der Waals surface area (Å²) in [5.41, 5.74) is 2.87. The molecule has 170 valence electrons. The van der Waals surface area contributed by atoms with Crippen molar-refractivity contribution in [2.45, 2.75) is 0 Å². The predicted molar refractivity (Wildman–Crippen MR) is 123 cm³/mol. The topological polar surface area (TPSA) is 66.4 Å². The van der Waals surface area contributed by atoms with Crippen LogP contribution in [-0.2, 0) is 0 Å². The molecule has 3 heterocycles. The summed E-state index contributed by atoms with van der Waals surface area (Å²) in [5, 5.41) is 0.755. The Morgan fingerprint density at radius 3 is 2.15 bits per heavy atom. The smallest absolute Gasteiger partial charge is 0.254 e. The molecule has 6 nitrogen and oxygen atoms in total. The highest BCUT2D eigenvalue weighted by atomic mass is 19.2. The lowest BCUT2D eigenvalue weighted by Gasteiger charge is -2.35. The van der Waals surface area contributed by atoms with Gasteiger partial charge in [0.2, 0.25) is 0 Å². The van der Waals surface area contributed by atoms with Crippen LogP contribution in [0.1, 0.15) is 20.7 Å². The van der Waals surface area contributed by atoms with Gasteiger partial charge in [-0.25, -0.2) is 13.8 Å². The van der Waals surface area contributed by atoms with Crippen molar-refractivity contribution in [2.75, 3.05) is 26.2 Å². The monoisotopic (exact) mass is 458 g/mol.